The van der Waals surface area contributed by atoms with Crippen molar-refractivity contribution >= 4 is 5.97 Å². The Morgan fingerprint density at radius 2 is 1.26 bits per heavy atom. The molecule has 1 saturated heterocycles. The second kappa shape index (κ2) is 27.0. The number of ether oxygens (including phenoxy) is 6. The van der Waals surface area contributed by atoms with Crippen LogP contribution in [0.4, 0.5) is 0 Å². The Morgan fingerprint density at radius 3 is 1.82 bits per heavy atom. The van der Waals surface area contributed by atoms with E-state index >= 15 is 0 Å². The van der Waals surface area contributed by atoms with E-state index in [0.29, 0.717) is 58.7 Å². The van der Waals surface area contributed by atoms with Gasteiger partial charge in [0, 0.05) is 43.8 Å². The van der Waals surface area contributed by atoms with E-state index in [2.05, 4.69) is 74.5 Å². The summed E-state index contributed by atoms with van der Waals surface area (Å²) in [6.07, 6.45) is 22.7. The molecule has 1 N–H and O–H groups in total. The van der Waals surface area contributed by atoms with Crippen LogP contribution in [0.3, 0.4) is 0 Å². The van der Waals surface area contributed by atoms with Crippen molar-refractivity contribution in [3.8, 4) is 0 Å². The summed E-state index contributed by atoms with van der Waals surface area (Å²) in [7, 11) is 0. The second-order valence-corrected chi connectivity index (χ2v) is 19.9. The van der Waals surface area contributed by atoms with Gasteiger partial charge in [-0.25, -0.2) is 0 Å². The first-order valence-corrected chi connectivity index (χ1v) is 23.4. The average Bonchev–Trinajstić information content (AvgIpc) is 3.55. The van der Waals surface area contributed by atoms with E-state index in [1.54, 1.807) is 0 Å². The van der Waals surface area contributed by atoms with Crippen molar-refractivity contribution in [2.24, 2.45) is 17.8 Å². The number of allylic oxidation sites excluding steroid dienone is 2. The maximum absolute atomic E-state index is 12.7. The molecule has 0 saturated carbocycles. The van der Waals surface area contributed by atoms with Crippen LogP contribution in [0.2, 0.25) is 0 Å². The summed E-state index contributed by atoms with van der Waals surface area (Å²) >= 11 is 0. The van der Waals surface area contributed by atoms with Crippen molar-refractivity contribution in [3.63, 3.8) is 0 Å². The molecule has 1 aliphatic rings. The molecule has 1 heterocycles. The van der Waals surface area contributed by atoms with Gasteiger partial charge >= 0.3 is 5.97 Å². The molecule has 1 fully saturated rings. The van der Waals surface area contributed by atoms with Gasteiger partial charge in [-0.3, -0.25) is 4.79 Å². The SMILES string of the molecule is CCCCCCCC/C=C\CCCCCCCC(=O)OC(C)CCOC(C)(C)CC(C1OCC(C(C)(C)OCC)C1C(C)(C)OCC)C(C)(C)OCCC(C)(C)O. The molecule has 0 aliphatic carbocycles. The molecule has 0 spiro atoms. The minimum atomic E-state index is -0.825. The Morgan fingerprint density at radius 1 is 0.719 bits per heavy atom. The number of unbranched alkanes of at least 4 members (excludes halogenated alkanes) is 11. The van der Waals surface area contributed by atoms with E-state index in [9.17, 15) is 9.90 Å². The van der Waals surface area contributed by atoms with E-state index in [1.165, 1.54) is 64.2 Å². The Hall–Kier alpha value is -1.03. The average molecular weight is 811 g/mol. The second-order valence-electron chi connectivity index (χ2n) is 19.9. The van der Waals surface area contributed by atoms with Crippen LogP contribution in [0.25, 0.3) is 0 Å². The van der Waals surface area contributed by atoms with Gasteiger partial charge in [0.1, 0.15) is 6.10 Å². The summed E-state index contributed by atoms with van der Waals surface area (Å²) in [4.78, 5) is 12.7. The van der Waals surface area contributed by atoms with Crippen molar-refractivity contribution < 1.29 is 38.3 Å². The Kier molecular flexibility index (Phi) is 25.6. The molecular weight excluding hydrogens is 717 g/mol. The molecule has 338 valence electrons. The molecule has 0 bridgehead atoms. The Bertz CT molecular complexity index is 1070. The van der Waals surface area contributed by atoms with Gasteiger partial charge in [0.25, 0.3) is 0 Å². The third-order valence-corrected chi connectivity index (χ3v) is 12.2. The first kappa shape index (κ1) is 54.0. The van der Waals surface area contributed by atoms with Crippen LogP contribution in [-0.4, -0.2) is 84.3 Å². The van der Waals surface area contributed by atoms with E-state index in [-0.39, 0.29) is 35.9 Å². The van der Waals surface area contributed by atoms with Gasteiger partial charge in [0.15, 0.2) is 0 Å². The lowest BCUT2D eigenvalue weighted by atomic mass is 9.65. The number of carbonyl (C=O) groups excluding carboxylic acids is 1. The third-order valence-electron chi connectivity index (χ3n) is 12.2. The van der Waals surface area contributed by atoms with Gasteiger partial charge in [-0.1, -0.05) is 70.4 Å². The first-order valence-electron chi connectivity index (χ1n) is 23.4. The van der Waals surface area contributed by atoms with Crippen LogP contribution in [0.5, 0.6) is 0 Å². The summed E-state index contributed by atoms with van der Waals surface area (Å²) in [5, 5.41) is 10.5. The van der Waals surface area contributed by atoms with Crippen LogP contribution >= 0.6 is 0 Å². The molecule has 0 aromatic heterocycles. The molecule has 1 rings (SSSR count). The maximum atomic E-state index is 12.7. The fourth-order valence-corrected chi connectivity index (χ4v) is 8.68. The van der Waals surface area contributed by atoms with Crippen molar-refractivity contribution in [3.05, 3.63) is 12.2 Å². The van der Waals surface area contributed by atoms with Gasteiger partial charge in [0.2, 0.25) is 0 Å². The lowest BCUT2D eigenvalue weighted by Crippen LogP contribution is -2.55. The molecule has 1 aliphatic heterocycles. The minimum Gasteiger partial charge on any atom is -0.463 e. The zero-order valence-corrected chi connectivity index (χ0v) is 39.9. The molecule has 0 radical (unpaired) electrons. The summed E-state index contributed by atoms with van der Waals surface area (Å²) in [6.45, 7) is 31.9. The lowest BCUT2D eigenvalue weighted by Gasteiger charge is -2.48. The summed E-state index contributed by atoms with van der Waals surface area (Å²) < 4.78 is 38.8. The first-order chi connectivity index (χ1) is 26.6. The van der Waals surface area contributed by atoms with Gasteiger partial charge < -0.3 is 33.5 Å². The molecule has 0 aromatic carbocycles. The number of aliphatic hydroxyl groups is 1. The number of carbonyl (C=O) groups is 1. The Labute approximate surface area is 352 Å². The van der Waals surface area contributed by atoms with E-state index < -0.39 is 28.0 Å². The molecule has 5 unspecified atom stereocenters. The van der Waals surface area contributed by atoms with Gasteiger partial charge in [-0.05, 0) is 135 Å². The van der Waals surface area contributed by atoms with E-state index in [0.717, 1.165) is 19.3 Å². The molecule has 0 amide bonds. The topological polar surface area (TPSA) is 92.7 Å². The normalized spacial score (nSPS) is 19.7. The molecule has 8 nitrogen and oxygen atoms in total. The van der Waals surface area contributed by atoms with Crippen LogP contribution in [0, 0.1) is 17.8 Å². The van der Waals surface area contributed by atoms with Crippen LogP contribution in [-0.2, 0) is 33.2 Å². The Balaban J connectivity index is 2.76. The fourth-order valence-electron chi connectivity index (χ4n) is 8.68. The predicted molar refractivity (Wildman–Crippen MR) is 237 cm³/mol. The number of hydrogen-bond donors (Lipinski definition) is 1. The minimum absolute atomic E-state index is 0.0260. The highest BCUT2D eigenvalue weighted by Gasteiger charge is 2.57. The summed E-state index contributed by atoms with van der Waals surface area (Å²) in [6, 6.07) is 0. The number of hydrogen-bond acceptors (Lipinski definition) is 8. The summed E-state index contributed by atoms with van der Waals surface area (Å²) in [5.41, 5.74) is -2.85. The molecular formula is C49H94O8. The van der Waals surface area contributed by atoms with Crippen molar-refractivity contribution in [2.45, 2.75) is 246 Å². The van der Waals surface area contributed by atoms with Gasteiger partial charge in [-0.15, -0.1) is 0 Å². The molecule has 0 aromatic rings. The highest BCUT2D eigenvalue weighted by atomic mass is 16.6. The highest BCUT2D eigenvalue weighted by Crippen LogP contribution is 2.50. The molecule has 5 atom stereocenters. The third kappa shape index (κ3) is 22.4. The lowest BCUT2D eigenvalue weighted by molar-refractivity contribution is -0.170. The largest absolute Gasteiger partial charge is 0.463 e. The van der Waals surface area contributed by atoms with Crippen LogP contribution < -0.4 is 0 Å². The monoisotopic (exact) mass is 811 g/mol. The van der Waals surface area contributed by atoms with E-state index in [1.807, 2.05) is 34.6 Å². The zero-order valence-electron chi connectivity index (χ0n) is 39.9. The molecule has 8 heteroatoms. The van der Waals surface area contributed by atoms with Gasteiger partial charge in [-0.2, -0.15) is 0 Å². The van der Waals surface area contributed by atoms with Crippen LogP contribution in [0.1, 0.15) is 206 Å². The quantitative estimate of drug-likeness (QED) is 0.0390. The van der Waals surface area contributed by atoms with Crippen LogP contribution in [0.15, 0.2) is 12.2 Å². The highest BCUT2D eigenvalue weighted by molar-refractivity contribution is 5.69. The van der Waals surface area contributed by atoms with Crippen molar-refractivity contribution in [1.82, 2.24) is 0 Å². The molecule has 57 heavy (non-hydrogen) atoms. The standard InChI is InChI=1S/C49H94O8/c1-15-18-19-20-21-22-23-24-25-26-27-28-29-30-31-32-42(50)57-39(4)33-35-55-46(7,8)37-40(47(9,10)56-36-34-45(5,6)51)44-43(49(13,14)54-17-3)41(38-52-44)48(11,12)53-16-2/h24-25,39-41,43-44,51H,15-23,26-38H2,1-14H3/b25-24-. The van der Waals surface area contributed by atoms with Crippen molar-refractivity contribution in [2.75, 3.05) is 33.0 Å². The van der Waals surface area contributed by atoms with Crippen molar-refractivity contribution in [1.29, 1.82) is 0 Å². The van der Waals surface area contributed by atoms with E-state index in [4.69, 9.17) is 28.4 Å². The zero-order chi connectivity index (χ0) is 43.2. The predicted octanol–water partition coefficient (Wildman–Crippen LogP) is 12.4. The number of rotatable bonds is 34. The smallest absolute Gasteiger partial charge is 0.306 e. The number of esters is 1. The van der Waals surface area contributed by atoms with Gasteiger partial charge in [0.05, 0.1) is 53.9 Å². The maximum Gasteiger partial charge on any atom is 0.306 e. The fraction of sp³-hybridized carbons (Fsp3) is 0.939. The summed E-state index contributed by atoms with van der Waals surface area (Å²) in [5.74, 6) is -0.0542.